The van der Waals surface area contributed by atoms with Crippen molar-refractivity contribution >= 4 is 27.3 Å². The first-order valence-electron chi connectivity index (χ1n) is 10.7. The van der Waals surface area contributed by atoms with E-state index in [1.54, 1.807) is 28.4 Å². The van der Waals surface area contributed by atoms with Gasteiger partial charge in [-0.15, -0.1) is 11.3 Å². The number of hydrogen-bond donors (Lipinski definition) is 0. The molecular weight excluding hydrogens is 460 g/mol. The molecule has 0 unspecified atom stereocenters. The van der Waals surface area contributed by atoms with Crippen molar-refractivity contribution in [1.29, 1.82) is 0 Å². The summed E-state index contributed by atoms with van der Waals surface area (Å²) in [5, 5.41) is 3.04. The number of nitrogens with zero attached hydrogens (tertiary/aromatic N) is 2. The van der Waals surface area contributed by atoms with Gasteiger partial charge in [-0.05, 0) is 42.7 Å². The molecule has 2 aromatic carbocycles. The van der Waals surface area contributed by atoms with Gasteiger partial charge in [0.25, 0.3) is 0 Å². The van der Waals surface area contributed by atoms with Crippen LogP contribution in [0.25, 0.3) is 0 Å². The van der Waals surface area contributed by atoms with Crippen molar-refractivity contribution < 1.29 is 22.7 Å². The molecule has 4 rings (SSSR count). The Bertz CT molecular complexity index is 1170. The fourth-order valence-corrected chi connectivity index (χ4v) is 5.24. The van der Waals surface area contributed by atoms with Gasteiger partial charge < -0.3 is 14.4 Å². The Kier molecular flexibility index (Phi) is 7.29. The van der Waals surface area contributed by atoms with E-state index in [0.717, 1.165) is 29.1 Å². The van der Waals surface area contributed by atoms with Gasteiger partial charge in [-0.25, -0.2) is 18.2 Å². The van der Waals surface area contributed by atoms with Gasteiger partial charge in [0, 0.05) is 30.6 Å². The second-order valence-electron chi connectivity index (χ2n) is 8.01. The van der Waals surface area contributed by atoms with E-state index < -0.39 is 9.84 Å². The Morgan fingerprint density at radius 3 is 2.42 bits per heavy atom. The number of carbonyl (C=O) groups is 1. The first-order chi connectivity index (χ1) is 15.9. The number of rotatable bonds is 7. The van der Waals surface area contributed by atoms with E-state index in [4.69, 9.17) is 14.5 Å². The zero-order chi connectivity index (χ0) is 23.3. The number of sulfone groups is 1. The van der Waals surface area contributed by atoms with Gasteiger partial charge in [-0.2, -0.15) is 0 Å². The highest BCUT2D eigenvalue weighted by molar-refractivity contribution is 7.90. The summed E-state index contributed by atoms with van der Waals surface area (Å²) >= 11 is 1.61. The number of piperidine rings is 1. The summed E-state index contributed by atoms with van der Waals surface area (Å²) in [7, 11) is -3.22. The van der Waals surface area contributed by atoms with Gasteiger partial charge in [0.1, 0.15) is 19.0 Å². The lowest BCUT2D eigenvalue weighted by Gasteiger charge is -2.30. The average molecular weight is 487 g/mol. The van der Waals surface area contributed by atoms with Gasteiger partial charge in [-0.3, -0.25) is 0 Å². The van der Waals surface area contributed by atoms with Crippen LogP contribution in [0, 0.1) is 0 Å². The third kappa shape index (κ3) is 6.33. The van der Waals surface area contributed by atoms with Crippen molar-refractivity contribution in [3.63, 3.8) is 0 Å². The predicted molar refractivity (Wildman–Crippen MR) is 126 cm³/mol. The number of amides is 1. The van der Waals surface area contributed by atoms with Crippen molar-refractivity contribution in [2.24, 2.45) is 0 Å². The minimum Gasteiger partial charge on any atom is -0.487 e. The Hall–Kier alpha value is -2.91. The van der Waals surface area contributed by atoms with Crippen LogP contribution in [0.3, 0.4) is 0 Å². The molecule has 0 aliphatic carbocycles. The molecule has 0 saturated carbocycles. The zero-order valence-electron chi connectivity index (χ0n) is 18.3. The summed E-state index contributed by atoms with van der Waals surface area (Å²) in [6, 6.07) is 16.0. The van der Waals surface area contributed by atoms with Gasteiger partial charge in [0.05, 0.1) is 15.6 Å². The smallest absolute Gasteiger partial charge is 0.410 e. The number of ether oxygens (including phenoxy) is 2. The van der Waals surface area contributed by atoms with E-state index in [-0.39, 0.29) is 17.6 Å². The quantitative estimate of drug-likeness (QED) is 0.484. The first-order valence-corrected chi connectivity index (χ1v) is 13.5. The normalized spacial score (nSPS) is 14.8. The fraction of sp³-hybridized carbons (Fsp3) is 0.333. The number of benzene rings is 2. The summed E-state index contributed by atoms with van der Waals surface area (Å²) in [6.07, 6.45) is 2.60. The molecule has 0 atom stereocenters. The number of likely N-dealkylation sites (tertiary alicyclic amines) is 1. The summed E-state index contributed by atoms with van der Waals surface area (Å²) in [5.74, 6) is 0.912. The summed E-state index contributed by atoms with van der Waals surface area (Å²) in [6.45, 7) is 1.90. The molecule has 0 N–H and O–H groups in total. The first kappa shape index (κ1) is 23.3. The Morgan fingerprint density at radius 2 is 1.76 bits per heavy atom. The van der Waals surface area contributed by atoms with Crippen molar-refractivity contribution in [3.05, 3.63) is 76.2 Å². The summed E-state index contributed by atoms with van der Waals surface area (Å²) in [4.78, 5) is 19.1. The molecule has 174 valence electrons. The van der Waals surface area contributed by atoms with Gasteiger partial charge >= 0.3 is 6.09 Å². The van der Waals surface area contributed by atoms with Crippen molar-refractivity contribution in [2.75, 3.05) is 19.3 Å². The van der Waals surface area contributed by atoms with Crippen LogP contribution in [0.15, 0.2) is 64.9 Å². The standard InChI is InChI=1S/C24H26N2O5S2/c1-33(28,29)22-9-7-21(8-10-22)30-16-20-17-32-23(25-20)19-11-13-26(14-12-19)24(27)31-15-18-5-3-2-4-6-18/h2-10,17,19H,11-16H2,1H3. The second kappa shape index (κ2) is 10.4. The molecular formula is C24H26N2O5S2. The maximum Gasteiger partial charge on any atom is 0.410 e. The van der Waals surface area contributed by atoms with E-state index in [0.29, 0.717) is 31.4 Å². The van der Waals surface area contributed by atoms with Crippen LogP contribution in [-0.4, -0.2) is 43.7 Å². The molecule has 1 aliphatic heterocycles. The number of aromatic nitrogens is 1. The predicted octanol–water partition coefficient (Wildman–Crippen LogP) is 4.64. The largest absolute Gasteiger partial charge is 0.487 e. The van der Waals surface area contributed by atoms with Crippen LogP contribution in [-0.2, 0) is 27.8 Å². The van der Waals surface area contributed by atoms with Crippen LogP contribution >= 0.6 is 11.3 Å². The SMILES string of the molecule is CS(=O)(=O)c1ccc(OCc2csc(C3CCN(C(=O)OCc4ccccc4)CC3)n2)cc1. The third-order valence-corrected chi connectivity index (χ3v) is 7.70. The minimum atomic E-state index is -3.22. The number of thiazole rings is 1. The molecule has 0 spiro atoms. The molecule has 33 heavy (non-hydrogen) atoms. The molecule has 3 aromatic rings. The van der Waals surface area contributed by atoms with E-state index >= 15 is 0 Å². The highest BCUT2D eigenvalue weighted by Crippen LogP contribution is 2.31. The van der Waals surface area contributed by atoms with Crippen LogP contribution in [0.4, 0.5) is 4.79 Å². The third-order valence-electron chi connectivity index (χ3n) is 5.52. The zero-order valence-corrected chi connectivity index (χ0v) is 20.0. The molecule has 1 saturated heterocycles. The molecule has 1 aromatic heterocycles. The molecule has 7 nitrogen and oxygen atoms in total. The number of hydrogen-bond acceptors (Lipinski definition) is 7. The minimum absolute atomic E-state index is 0.265. The van der Waals surface area contributed by atoms with Crippen LogP contribution in [0.5, 0.6) is 5.75 Å². The highest BCUT2D eigenvalue weighted by Gasteiger charge is 2.26. The van der Waals surface area contributed by atoms with Crippen LogP contribution in [0.1, 0.15) is 35.0 Å². The van der Waals surface area contributed by atoms with Crippen molar-refractivity contribution in [3.8, 4) is 5.75 Å². The Morgan fingerprint density at radius 1 is 1.06 bits per heavy atom. The molecule has 0 bridgehead atoms. The molecule has 2 heterocycles. The lowest BCUT2D eigenvalue weighted by Crippen LogP contribution is -2.38. The molecule has 1 amide bonds. The average Bonchev–Trinajstić information content (AvgIpc) is 3.31. The highest BCUT2D eigenvalue weighted by atomic mass is 32.2. The monoisotopic (exact) mass is 486 g/mol. The van der Waals surface area contributed by atoms with Crippen LogP contribution < -0.4 is 4.74 Å². The van der Waals surface area contributed by atoms with Crippen molar-refractivity contribution in [1.82, 2.24) is 9.88 Å². The molecule has 0 radical (unpaired) electrons. The van der Waals surface area contributed by atoms with Crippen LogP contribution in [0.2, 0.25) is 0 Å². The summed E-state index contributed by atoms with van der Waals surface area (Å²) in [5.41, 5.74) is 1.82. The van der Waals surface area contributed by atoms with Gasteiger partial charge in [0.2, 0.25) is 0 Å². The van der Waals surface area contributed by atoms with Gasteiger partial charge in [0.15, 0.2) is 9.84 Å². The maximum atomic E-state index is 12.4. The maximum absolute atomic E-state index is 12.4. The lowest BCUT2D eigenvalue weighted by atomic mass is 9.98. The molecule has 1 aliphatic rings. The van der Waals surface area contributed by atoms with E-state index in [2.05, 4.69) is 0 Å². The second-order valence-corrected chi connectivity index (χ2v) is 10.9. The Balaban J connectivity index is 1.23. The number of carbonyl (C=O) groups excluding carboxylic acids is 1. The van der Waals surface area contributed by atoms with Gasteiger partial charge in [-0.1, -0.05) is 30.3 Å². The lowest BCUT2D eigenvalue weighted by molar-refractivity contribution is 0.0870. The Labute approximate surface area is 197 Å². The summed E-state index contributed by atoms with van der Waals surface area (Å²) < 4.78 is 34.3. The van der Waals surface area contributed by atoms with E-state index in [1.165, 1.54) is 18.4 Å². The van der Waals surface area contributed by atoms with E-state index in [9.17, 15) is 13.2 Å². The van der Waals surface area contributed by atoms with Crippen molar-refractivity contribution in [2.45, 2.75) is 36.9 Å². The topological polar surface area (TPSA) is 85.8 Å². The molecule has 9 heteroatoms. The van der Waals surface area contributed by atoms with E-state index in [1.807, 2.05) is 35.7 Å². The molecule has 1 fully saturated rings. The fourth-order valence-electron chi connectivity index (χ4n) is 3.64.